The van der Waals surface area contributed by atoms with E-state index >= 15 is 0 Å². The molecular weight excluding hydrogens is 357 g/mol. The summed E-state index contributed by atoms with van der Waals surface area (Å²) in [7, 11) is -3.38. The largest absolute Gasteiger partial charge is 0.314 e. The van der Waals surface area contributed by atoms with Crippen molar-refractivity contribution in [1.29, 1.82) is 0 Å². The fourth-order valence-electron chi connectivity index (χ4n) is 2.46. The molecule has 0 saturated carbocycles. The topological polar surface area (TPSA) is 61.4 Å². The predicted octanol–water partition coefficient (Wildman–Crippen LogP) is 1.67. The molecular formula is C15H27Cl2N3O2S. The molecule has 1 fully saturated rings. The summed E-state index contributed by atoms with van der Waals surface area (Å²) in [6.45, 7) is 7.59. The third-order valence-corrected chi connectivity index (χ3v) is 5.23. The van der Waals surface area contributed by atoms with Crippen LogP contribution >= 0.6 is 24.8 Å². The third-order valence-electron chi connectivity index (χ3n) is 3.77. The summed E-state index contributed by atoms with van der Waals surface area (Å²) in [6.07, 6.45) is 1.68. The summed E-state index contributed by atoms with van der Waals surface area (Å²) in [4.78, 5) is 2.73. The Morgan fingerprint density at radius 2 is 1.91 bits per heavy atom. The number of hydrogen-bond acceptors (Lipinski definition) is 4. The molecule has 0 unspecified atom stereocenters. The van der Waals surface area contributed by atoms with Gasteiger partial charge in [0.05, 0.1) is 4.90 Å². The molecule has 1 saturated heterocycles. The molecule has 134 valence electrons. The smallest absolute Gasteiger partial charge is 0.240 e. The lowest BCUT2D eigenvalue weighted by Gasteiger charge is -2.27. The molecule has 0 aliphatic carbocycles. The molecule has 23 heavy (non-hydrogen) atoms. The van der Waals surface area contributed by atoms with Crippen molar-refractivity contribution < 1.29 is 8.42 Å². The predicted molar refractivity (Wildman–Crippen MR) is 99.4 cm³/mol. The van der Waals surface area contributed by atoms with Gasteiger partial charge >= 0.3 is 0 Å². The second-order valence-electron chi connectivity index (χ2n) is 5.34. The van der Waals surface area contributed by atoms with Gasteiger partial charge in [0, 0.05) is 32.7 Å². The number of aryl methyl sites for hydroxylation is 1. The highest BCUT2D eigenvalue weighted by Crippen LogP contribution is 2.11. The highest BCUT2D eigenvalue weighted by Gasteiger charge is 2.14. The van der Waals surface area contributed by atoms with Crippen molar-refractivity contribution in [3.05, 3.63) is 29.8 Å². The van der Waals surface area contributed by atoms with E-state index in [0.717, 1.165) is 51.1 Å². The normalized spacial score (nSPS) is 15.5. The molecule has 1 aliphatic rings. The minimum atomic E-state index is -3.38. The van der Waals surface area contributed by atoms with Crippen LogP contribution in [0.5, 0.6) is 0 Å². The maximum Gasteiger partial charge on any atom is 0.240 e. The van der Waals surface area contributed by atoms with Crippen LogP contribution in [0.25, 0.3) is 0 Å². The van der Waals surface area contributed by atoms with Crippen LogP contribution in [-0.4, -0.2) is 52.6 Å². The quantitative estimate of drug-likeness (QED) is 0.702. The maximum absolute atomic E-state index is 12.2. The monoisotopic (exact) mass is 383 g/mol. The van der Waals surface area contributed by atoms with Gasteiger partial charge in [-0.2, -0.15) is 0 Å². The molecule has 0 aromatic heterocycles. The lowest BCUT2D eigenvalue weighted by Crippen LogP contribution is -2.44. The fourth-order valence-corrected chi connectivity index (χ4v) is 3.60. The highest BCUT2D eigenvalue weighted by atomic mass is 35.5. The Labute approximate surface area is 152 Å². The van der Waals surface area contributed by atoms with Crippen LogP contribution in [0.15, 0.2) is 29.2 Å². The van der Waals surface area contributed by atoms with Gasteiger partial charge in [-0.1, -0.05) is 19.1 Å². The zero-order chi connectivity index (χ0) is 15.1. The molecule has 1 aromatic carbocycles. The van der Waals surface area contributed by atoms with Gasteiger partial charge in [0.1, 0.15) is 0 Å². The van der Waals surface area contributed by atoms with E-state index in [9.17, 15) is 8.42 Å². The number of halogens is 2. The Kier molecular flexibility index (Phi) is 11.1. The minimum Gasteiger partial charge on any atom is -0.314 e. The summed E-state index contributed by atoms with van der Waals surface area (Å²) in [5, 5.41) is 3.31. The van der Waals surface area contributed by atoms with Crippen LogP contribution in [0.4, 0.5) is 0 Å². The Morgan fingerprint density at radius 3 is 2.57 bits per heavy atom. The van der Waals surface area contributed by atoms with Crippen molar-refractivity contribution >= 4 is 34.8 Å². The summed E-state index contributed by atoms with van der Waals surface area (Å²) in [6, 6.07) is 7.15. The molecule has 1 aromatic rings. The number of benzene rings is 1. The van der Waals surface area contributed by atoms with Crippen LogP contribution in [0.2, 0.25) is 0 Å². The first-order chi connectivity index (χ1) is 10.1. The first-order valence-corrected chi connectivity index (χ1v) is 9.12. The van der Waals surface area contributed by atoms with Gasteiger partial charge in [0.25, 0.3) is 0 Å². The average molecular weight is 384 g/mol. The van der Waals surface area contributed by atoms with Crippen LogP contribution in [0, 0.1) is 0 Å². The molecule has 0 radical (unpaired) electrons. The van der Waals surface area contributed by atoms with E-state index < -0.39 is 10.0 Å². The van der Waals surface area contributed by atoms with Crippen molar-refractivity contribution in [2.45, 2.75) is 24.7 Å². The summed E-state index contributed by atoms with van der Waals surface area (Å²) >= 11 is 0. The highest BCUT2D eigenvalue weighted by molar-refractivity contribution is 7.89. The van der Waals surface area contributed by atoms with Crippen LogP contribution in [0.3, 0.4) is 0 Å². The number of sulfonamides is 1. The van der Waals surface area contributed by atoms with Crippen LogP contribution in [-0.2, 0) is 16.4 Å². The van der Waals surface area contributed by atoms with Crippen LogP contribution in [0.1, 0.15) is 18.9 Å². The number of rotatable bonds is 7. The molecule has 0 amide bonds. The zero-order valence-corrected chi connectivity index (χ0v) is 15.9. The number of piperazine rings is 1. The molecule has 2 rings (SSSR count). The SMILES string of the molecule is CCc1cccc(S(=O)(=O)NCCCN2CCNCC2)c1.Cl.Cl. The van der Waals surface area contributed by atoms with E-state index in [4.69, 9.17) is 0 Å². The molecule has 1 heterocycles. The second kappa shape index (κ2) is 11.2. The summed E-state index contributed by atoms with van der Waals surface area (Å²) in [5.41, 5.74) is 1.04. The molecule has 0 spiro atoms. The maximum atomic E-state index is 12.2. The average Bonchev–Trinajstić information content (AvgIpc) is 2.53. The molecule has 1 aliphatic heterocycles. The van der Waals surface area contributed by atoms with Crippen molar-refractivity contribution in [2.75, 3.05) is 39.3 Å². The lowest BCUT2D eigenvalue weighted by atomic mass is 10.2. The van der Waals surface area contributed by atoms with Crippen molar-refractivity contribution in [3.8, 4) is 0 Å². The lowest BCUT2D eigenvalue weighted by molar-refractivity contribution is 0.239. The van der Waals surface area contributed by atoms with Crippen LogP contribution < -0.4 is 10.0 Å². The first-order valence-electron chi connectivity index (χ1n) is 7.63. The van der Waals surface area contributed by atoms with Gasteiger partial charge in [-0.3, -0.25) is 0 Å². The minimum absolute atomic E-state index is 0. The number of nitrogens with zero attached hydrogens (tertiary/aromatic N) is 1. The van der Waals surface area contributed by atoms with E-state index in [-0.39, 0.29) is 24.8 Å². The van der Waals surface area contributed by atoms with E-state index in [1.54, 1.807) is 18.2 Å². The number of nitrogens with one attached hydrogen (secondary N) is 2. The Balaban J connectivity index is 0.00000242. The zero-order valence-electron chi connectivity index (χ0n) is 13.5. The molecule has 8 heteroatoms. The molecule has 0 atom stereocenters. The van der Waals surface area contributed by atoms with E-state index in [1.807, 2.05) is 13.0 Å². The number of hydrogen-bond donors (Lipinski definition) is 2. The molecule has 0 bridgehead atoms. The van der Waals surface area contributed by atoms with E-state index in [1.165, 1.54) is 0 Å². The first kappa shape index (κ1) is 22.6. The summed E-state index contributed by atoms with van der Waals surface area (Å²) in [5.74, 6) is 0. The van der Waals surface area contributed by atoms with E-state index in [2.05, 4.69) is 14.9 Å². The fraction of sp³-hybridized carbons (Fsp3) is 0.600. The van der Waals surface area contributed by atoms with Gasteiger partial charge in [0.15, 0.2) is 0 Å². The summed E-state index contributed by atoms with van der Waals surface area (Å²) < 4.78 is 27.1. The van der Waals surface area contributed by atoms with Gasteiger partial charge in [0.2, 0.25) is 10.0 Å². The van der Waals surface area contributed by atoms with Gasteiger partial charge < -0.3 is 10.2 Å². The van der Waals surface area contributed by atoms with Gasteiger partial charge in [-0.05, 0) is 37.1 Å². The van der Waals surface area contributed by atoms with Crippen molar-refractivity contribution in [3.63, 3.8) is 0 Å². The third kappa shape index (κ3) is 7.37. The standard InChI is InChI=1S/C15H25N3O2S.2ClH/c1-2-14-5-3-6-15(13-14)21(19,20)17-7-4-10-18-11-8-16-9-12-18;;/h3,5-6,13,16-17H,2,4,7-12H2,1H3;2*1H. The molecule has 5 nitrogen and oxygen atoms in total. The van der Waals surface area contributed by atoms with E-state index in [0.29, 0.717) is 11.4 Å². The molecule has 2 N–H and O–H groups in total. The van der Waals surface area contributed by atoms with Crippen molar-refractivity contribution in [1.82, 2.24) is 14.9 Å². The van der Waals surface area contributed by atoms with Crippen molar-refractivity contribution in [2.24, 2.45) is 0 Å². The van der Waals surface area contributed by atoms with Gasteiger partial charge in [-0.25, -0.2) is 13.1 Å². The van der Waals surface area contributed by atoms with Gasteiger partial charge in [-0.15, -0.1) is 24.8 Å². The second-order valence-corrected chi connectivity index (χ2v) is 7.11. The Hall–Kier alpha value is -0.370. The Morgan fingerprint density at radius 1 is 1.22 bits per heavy atom. The Bertz CT molecular complexity index is 549.